The van der Waals surface area contributed by atoms with Crippen molar-refractivity contribution in [2.45, 2.75) is 32.8 Å². The Balaban J connectivity index is 2.35. The first kappa shape index (κ1) is 15.4. The Kier molecular flexibility index (Phi) is 6.89. The molecule has 0 aliphatic heterocycles. The SMILES string of the molecule is COC(=O)c1cccnc1NCCCCOC(C)C. The number of nitrogens with one attached hydrogen (secondary N) is 1. The minimum Gasteiger partial charge on any atom is -0.465 e. The molecule has 0 atom stereocenters. The van der Waals surface area contributed by atoms with Crippen LogP contribution in [0.25, 0.3) is 0 Å². The average molecular weight is 266 g/mol. The highest BCUT2D eigenvalue weighted by Gasteiger charge is 2.11. The topological polar surface area (TPSA) is 60.5 Å². The van der Waals surface area contributed by atoms with E-state index in [9.17, 15) is 4.79 Å². The van der Waals surface area contributed by atoms with Crippen LogP contribution in [0, 0.1) is 0 Å². The Morgan fingerprint density at radius 1 is 1.42 bits per heavy atom. The molecule has 1 aromatic heterocycles. The van der Waals surface area contributed by atoms with Crippen LogP contribution in [0.4, 0.5) is 5.82 Å². The normalized spacial score (nSPS) is 10.5. The van der Waals surface area contributed by atoms with Gasteiger partial charge in [0, 0.05) is 19.3 Å². The smallest absolute Gasteiger partial charge is 0.341 e. The number of anilines is 1. The van der Waals surface area contributed by atoms with Crippen molar-refractivity contribution in [3.8, 4) is 0 Å². The van der Waals surface area contributed by atoms with Gasteiger partial charge in [-0.05, 0) is 38.8 Å². The summed E-state index contributed by atoms with van der Waals surface area (Å²) in [6, 6.07) is 3.41. The van der Waals surface area contributed by atoms with Gasteiger partial charge in [0.2, 0.25) is 0 Å². The molecular formula is C14H22N2O3. The maximum Gasteiger partial charge on any atom is 0.341 e. The van der Waals surface area contributed by atoms with Gasteiger partial charge in [-0.3, -0.25) is 0 Å². The first-order valence-electron chi connectivity index (χ1n) is 6.54. The van der Waals surface area contributed by atoms with Crippen LogP contribution < -0.4 is 5.32 Å². The molecule has 0 unspecified atom stereocenters. The first-order valence-corrected chi connectivity index (χ1v) is 6.54. The number of esters is 1. The molecule has 106 valence electrons. The van der Waals surface area contributed by atoms with Gasteiger partial charge in [-0.1, -0.05) is 0 Å². The van der Waals surface area contributed by atoms with Crippen LogP contribution in [-0.4, -0.2) is 37.3 Å². The molecule has 0 bridgehead atoms. The van der Waals surface area contributed by atoms with Crippen molar-refractivity contribution in [1.29, 1.82) is 0 Å². The summed E-state index contributed by atoms with van der Waals surface area (Å²) < 4.78 is 10.2. The third kappa shape index (κ3) is 5.70. The van der Waals surface area contributed by atoms with E-state index in [1.165, 1.54) is 7.11 Å². The van der Waals surface area contributed by atoms with Crippen molar-refractivity contribution >= 4 is 11.8 Å². The highest BCUT2D eigenvalue weighted by Crippen LogP contribution is 2.12. The molecule has 0 aliphatic rings. The van der Waals surface area contributed by atoms with E-state index in [0.29, 0.717) is 11.4 Å². The second kappa shape index (κ2) is 8.48. The standard InChI is InChI=1S/C14H22N2O3/c1-11(2)19-10-5-4-8-15-13-12(14(17)18-3)7-6-9-16-13/h6-7,9,11H,4-5,8,10H2,1-3H3,(H,15,16). The summed E-state index contributed by atoms with van der Waals surface area (Å²) in [4.78, 5) is 15.7. The minimum atomic E-state index is -0.376. The van der Waals surface area contributed by atoms with Crippen molar-refractivity contribution in [2.24, 2.45) is 0 Å². The third-order valence-corrected chi connectivity index (χ3v) is 2.53. The van der Waals surface area contributed by atoms with Crippen molar-refractivity contribution < 1.29 is 14.3 Å². The van der Waals surface area contributed by atoms with Crippen LogP contribution >= 0.6 is 0 Å². The summed E-state index contributed by atoms with van der Waals surface area (Å²) in [5.41, 5.74) is 0.462. The van der Waals surface area contributed by atoms with Crippen molar-refractivity contribution in [3.05, 3.63) is 23.9 Å². The third-order valence-electron chi connectivity index (χ3n) is 2.53. The number of aromatic nitrogens is 1. The van der Waals surface area contributed by atoms with Crippen LogP contribution in [0.15, 0.2) is 18.3 Å². The number of pyridine rings is 1. The van der Waals surface area contributed by atoms with E-state index in [4.69, 9.17) is 9.47 Å². The fraction of sp³-hybridized carbons (Fsp3) is 0.571. The summed E-state index contributed by atoms with van der Waals surface area (Å²) in [5.74, 6) is 0.192. The lowest BCUT2D eigenvalue weighted by Gasteiger charge is -2.10. The van der Waals surface area contributed by atoms with E-state index < -0.39 is 0 Å². The Hall–Kier alpha value is -1.62. The number of hydrogen-bond acceptors (Lipinski definition) is 5. The van der Waals surface area contributed by atoms with Gasteiger partial charge in [-0.2, -0.15) is 0 Å². The Morgan fingerprint density at radius 3 is 2.89 bits per heavy atom. The van der Waals surface area contributed by atoms with E-state index in [1.807, 2.05) is 13.8 Å². The van der Waals surface area contributed by atoms with Crippen LogP contribution in [-0.2, 0) is 9.47 Å². The van der Waals surface area contributed by atoms with E-state index in [2.05, 4.69) is 10.3 Å². The van der Waals surface area contributed by atoms with Crippen LogP contribution in [0.5, 0.6) is 0 Å². The van der Waals surface area contributed by atoms with Gasteiger partial charge in [0.15, 0.2) is 0 Å². The lowest BCUT2D eigenvalue weighted by Crippen LogP contribution is -2.11. The maximum absolute atomic E-state index is 11.5. The molecule has 0 spiro atoms. The van der Waals surface area contributed by atoms with Crippen molar-refractivity contribution in [1.82, 2.24) is 4.98 Å². The van der Waals surface area contributed by atoms with Gasteiger partial charge in [0.05, 0.1) is 13.2 Å². The number of unbranched alkanes of at least 4 members (excludes halogenated alkanes) is 1. The summed E-state index contributed by atoms with van der Waals surface area (Å²) in [6.07, 6.45) is 3.86. The lowest BCUT2D eigenvalue weighted by atomic mass is 10.2. The molecule has 0 saturated carbocycles. The first-order chi connectivity index (χ1) is 9.15. The predicted molar refractivity (Wildman–Crippen MR) is 74.4 cm³/mol. The molecule has 1 aromatic rings. The summed E-state index contributed by atoms with van der Waals surface area (Å²) in [5, 5.41) is 3.15. The second-order valence-corrected chi connectivity index (χ2v) is 4.44. The molecule has 1 heterocycles. The number of nitrogens with zero attached hydrogens (tertiary/aromatic N) is 1. The molecule has 0 saturated heterocycles. The molecule has 0 aliphatic carbocycles. The van der Waals surface area contributed by atoms with E-state index in [-0.39, 0.29) is 12.1 Å². The highest BCUT2D eigenvalue weighted by atomic mass is 16.5. The molecule has 0 fully saturated rings. The molecule has 5 heteroatoms. The number of rotatable bonds is 8. The predicted octanol–water partition coefficient (Wildman–Crippen LogP) is 2.49. The number of ether oxygens (including phenoxy) is 2. The molecular weight excluding hydrogens is 244 g/mol. The zero-order valence-electron chi connectivity index (χ0n) is 11.8. The number of methoxy groups -OCH3 is 1. The van der Waals surface area contributed by atoms with Gasteiger partial charge in [0.1, 0.15) is 11.4 Å². The molecule has 1 N–H and O–H groups in total. The molecule has 0 radical (unpaired) electrons. The largest absolute Gasteiger partial charge is 0.465 e. The molecule has 1 rings (SSSR count). The molecule has 0 aromatic carbocycles. The molecule has 19 heavy (non-hydrogen) atoms. The average Bonchev–Trinajstić information content (AvgIpc) is 2.42. The fourth-order valence-electron chi connectivity index (χ4n) is 1.57. The van der Waals surface area contributed by atoms with Crippen molar-refractivity contribution in [2.75, 3.05) is 25.6 Å². The van der Waals surface area contributed by atoms with Crippen LogP contribution in [0.1, 0.15) is 37.0 Å². The molecule has 0 amide bonds. The van der Waals surface area contributed by atoms with Gasteiger partial charge >= 0.3 is 5.97 Å². The Morgan fingerprint density at radius 2 is 2.21 bits per heavy atom. The second-order valence-electron chi connectivity index (χ2n) is 4.44. The number of hydrogen-bond donors (Lipinski definition) is 1. The Labute approximate surface area is 114 Å². The van der Waals surface area contributed by atoms with E-state index >= 15 is 0 Å². The summed E-state index contributed by atoms with van der Waals surface area (Å²) >= 11 is 0. The zero-order chi connectivity index (χ0) is 14.1. The van der Waals surface area contributed by atoms with Crippen LogP contribution in [0.3, 0.4) is 0 Å². The summed E-state index contributed by atoms with van der Waals surface area (Å²) in [7, 11) is 1.36. The number of carbonyl (C=O) groups excluding carboxylic acids is 1. The van der Waals surface area contributed by atoms with Gasteiger partial charge in [0.25, 0.3) is 0 Å². The monoisotopic (exact) mass is 266 g/mol. The lowest BCUT2D eigenvalue weighted by molar-refractivity contribution is 0.0601. The zero-order valence-corrected chi connectivity index (χ0v) is 11.8. The van der Waals surface area contributed by atoms with Crippen molar-refractivity contribution in [3.63, 3.8) is 0 Å². The maximum atomic E-state index is 11.5. The molecule has 5 nitrogen and oxygen atoms in total. The van der Waals surface area contributed by atoms with Gasteiger partial charge in [-0.25, -0.2) is 9.78 Å². The minimum absolute atomic E-state index is 0.273. The quantitative estimate of drug-likeness (QED) is 0.578. The Bertz CT molecular complexity index is 394. The van der Waals surface area contributed by atoms with E-state index in [0.717, 1.165) is 26.0 Å². The number of carbonyl (C=O) groups is 1. The summed E-state index contributed by atoms with van der Waals surface area (Å²) in [6.45, 7) is 5.55. The highest BCUT2D eigenvalue weighted by molar-refractivity contribution is 5.94. The van der Waals surface area contributed by atoms with E-state index in [1.54, 1.807) is 18.3 Å². The fourth-order valence-corrected chi connectivity index (χ4v) is 1.57. The van der Waals surface area contributed by atoms with Crippen LogP contribution in [0.2, 0.25) is 0 Å². The van der Waals surface area contributed by atoms with Gasteiger partial charge < -0.3 is 14.8 Å². The van der Waals surface area contributed by atoms with Gasteiger partial charge in [-0.15, -0.1) is 0 Å².